The molecule has 200 valence electrons. The number of pyridine rings is 1. The summed E-state index contributed by atoms with van der Waals surface area (Å²) >= 11 is 0. The van der Waals surface area contributed by atoms with Gasteiger partial charge in [0, 0.05) is 66.7 Å². The minimum absolute atomic E-state index is 0.0409. The number of nitrogens with one attached hydrogen (secondary N) is 2. The summed E-state index contributed by atoms with van der Waals surface area (Å²) in [6.45, 7) is 6.40. The van der Waals surface area contributed by atoms with Gasteiger partial charge in [-0.2, -0.15) is 5.10 Å². The predicted molar refractivity (Wildman–Crippen MR) is 148 cm³/mol. The molecule has 4 aromatic rings. The molecular weight excluding hydrogens is 498 g/mol. The van der Waals surface area contributed by atoms with Crippen molar-refractivity contribution >= 4 is 26.7 Å². The molecule has 9 nitrogen and oxygen atoms in total. The van der Waals surface area contributed by atoms with Gasteiger partial charge in [-0.05, 0) is 68.2 Å². The molecule has 0 amide bonds. The van der Waals surface area contributed by atoms with E-state index in [0.29, 0.717) is 23.8 Å². The van der Waals surface area contributed by atoms with Gasteiger partial charge in [-0.25, -0.2) is 18.1 Å². The molecule has 0 saturated heterocycles. The number of fused-ring (bicyclic) bond motifs is 2. The first-order valence-corrected chi connectivity index (χ1v) is 14.9. The molecular formula is C28H35N7O2S. The molecule has 6 rings (SSSR count). The normalized spacial score (nSPS) is 17.8. The van der Waals surface area contributed by atoms with Crippen LogP contribution in [0.2, 0.25) is 0 Å². The van der Waals surface area contributed by atoms with Gasteiger partial charge in [-0.3, -0.25) is 14.2 Å². The summed E-state index contributed by atoms with van der Waals surface area (Å²) in [5, 5.41) is 9.75. The van der Waals surface area contributed by atoms with E-state index in [-0.39, 0.29) is 12.0 Å². The second kappa shape index (κ2) is 9.50. The maximum Gasteiger partial charge on any atom is 0.241 e. The van der Waals surface area contributed by atoms with Crippen molar-refractivity contribution in [3.63, 3.8) is 0 Å². The molecule has 3 heterocycles. The smallest absolute Gasteiger partial charge is 0.241 e. The molecule has 1 unspecified atom stereocenters. The zero-order valence-corrected chi connectivity index (χ0v) is 23.2. The van der Waals surface area contributed by atoms with Crippen LogP contribution in [0.4, 0.5) is 5.95 Å². The van der Waals surface area contributed by atoms with Crippen molar-refractivity contribution in [1.29, 1.82) is 0 Å². The van der Waals surface area contributed by atoms with Crippen molar-refractivity contribution in [3.05, 3.63) is 59.3 Å². The molecule has 2 aliphatic rings. The summed E-state index contributed by atoms with van der Waals surface area (Å²) in [5.74, 6) is 2.30. The first kappa shape index (κ1) is 25.1. The molecule has 1 fully saturated rings. The summed E-state index contributed by atoms with van der Waals surface area (Å²) in [7, 11) is -1.81. The van der Waals surface area contributed by atoms with Crippen molar-refractivity contribution in [3.8, 4) is 5.82 Å². The highest BCUT2D eigenvalue weighted by molar-refractivity contribution is 7.89. The minimum atomic E-state index is -3.72. The van der Waals surface area contributed by atoms with Gasteiger partial charge >= 0.3 is 0 Å². The van der Waals surface area contributed by atoms with Crippen molar-refractivity contribution in [1.82, 2.24) is 29.0 Å². The van der Waals surface area contributed by atoms with E-state index in [4.69, 9.17) is 0 Å². The topological polar surface area (TPSA) is 107 Å². The van der Waals surface area contributed by atoms with Crippen molar-refractivity contribution in [2.45, 2.75) is 69.7 Å². The lowest BCUT2D eigenvalue weighted by atomic mass is 9.86. The van der Waals surface area contributed by atoms with Gasteiger partial charge in [0.1, 0.15) is 5.82 Å². The van der Waals surface area contributed by atoms with Crippen molar-refractivity contribution in [2.75, 3.05) is 11.9 Å². The lowest BCUT2D eigenvalue weighted by molar-refractivity contribution is 0.555. The van der Waals surface area contributed by atoms with E-state index in [1.807, 2.05) is 61.6 Å². The van der Waals surface area contributed by atoms with Gasteiger partial charge in [0.2, 0.25) is 16.0 Å². The van der Waals surface area contributed by atoms with E-state index in [1.165, 1.54) is 0 Å². The average Bonchev–Trinajstić information content (AvgIpc) is 3.54. The fourth-order valence-corrected chi connectivity index (χ4v) is 7.19. The van der Waals surface area contributed by atoms with Crippen LogP contribution in [0.25, 0.3) is 16.6 Å². The van der Waals surface area contributed by atoms with E-state index < -0.39 is 10.0 Å². The summed E-state index contributed by atoms with van der Waals surface area (Å²) in [6.07, 6.45) is 10.0. The Morgan fingerprint density at radius 1 is 1.13 bits per heavy atom. The monoisotopic (exact) mass is 533 g/mol. The van der Waals surface area contributed by atoms with E-state index >= 15 is 0 Å². The summed E-state index contributed by atoms with van der Waals surface area (Å²) < 4.78 is 34.4. The zero-order valence-electron chi connectivity index (χ0n) is 22.4. The molecule has 1 atom stereocenters. The van der Waals surface area contributed by atoms with E-state index in [2.05, 4.69) is 31.2 Å². The van der Waals surface area contributed by atoms with Crippen molar-refractivity contribution < 1.29 is 8.42 Å². The Hall–Kier alpha value is -3.24. The third-order valence-electron chi connectivity index (χ3n) is 7.55. The van der Waals surface area contributed by atoms with E-state index in [9.17, 15) is 8.42 Å². The summed E-state index contributed by atoms with van der Waals surface area (Å²) in [6, 6.07) is 6.22. The summed E-state index contributed by atoms with van der Waals surface area (Å²) in [4.78, 5) is 9.68. The third kappa shape index (κ3) is 4.71. The van der Waals surface area contributed by atoms with Crippen LogP contribution < -0.4 is 10.0 Å². The standard InChI is InChI=1S/C28H35N7O2S/c1-17(2)15-31-38(36,37)27-23-13-22(32-28-29-9-10-35(28)26-11-18(3)33-34(26)4)8-7-20(23)12-21-16-30-25(14-24(21)27)19-5-6-19/h9-12,14,16-17,19,22,31H,5-8,13,15H2,1-4H3,(H,29,32). The highest BCUT2D eigenvalue weighted by atomic mass is 32.2. The number of rotatable bonds is 8. The van der Waals surface area contributed by atoms with Gasteiger partial charge in [0.05, 0.1) is 10.6 Å². The molecule has 10 heteroatoms. The molecule has 3 aromatic heterocycles. The van der Waals surface area contributed by atoms with Crippen LogP contribution in [-0.4, -0.2) is 45.3 Å². The number of hydrogen-bond donors (Lipinski definition) is 2. The maximum atomic E-state index is 13.8. The van der Waals surface area contributed by atoms with Crippen LogP contribution in [0.15, 0.2) is 41.7 Å². The summed E-state index contributed by atoms with van der Waals surface area (Å²) in [5.41, 5.74) is 3.92. The number of anilines is 1. The SMILES string of the molecule is Cc1cc(-n2ccnc2NC2CCc3cc4cnc(C5CC5)cc4c(S(=O)(=O)NCC(C)C)c3C2)n(C)n1. The highest BCUT2D eigenvalue weighted by Gasteiger charge is 2.31. The van der Waals surface area contributed by atoms with Crippen LogP contribution in [0.3, 0.4) is 0 Å². The minimum Gasteiger partial charge on any atom is -0.352 e. The van der Waals surface area contributed by atoms with Gasteiger partial charge in [0.25, 0.3) is 0 Å². The van der Waals surface area contributed by atoms with Crippen molar-refractivity contribution in [2.24, 2.45) is 13.0 Å². The number of aromatic nitrogens is 5. The van der Waals surface area contributed by atoms with Crippen LogP contribution in [0, 0.1) is 12.8 Å². The molecule has 1 aromatic carbocycles. The third-order valence-corrected chi connectivity index (χ3v) is 9.10. The molecule has 0 aliphatic heterocycles. The number of imidazole rings is 1. The number of nitrogens with zero attached hydrogens (tertiary/aromatic N) is 5. The molecule has 0 radical (unpaired) electrons. The first-order chi connectivity index (χ1) is 18.2. The largest absolute Gasteiger partial charge is 0.352 e. The van der Waals surface area contributed by atoms with Gasteiger partial charge in [0.15, 0.2) is 0 Å². The number of hydrogen-bond acceptors (Lipinski definition) is 6. The Kier molecular flexibility index (Phi) is 6.26. The van der Waals surface area contributed by atoms with Gasteiger partial charge < -0.3 is 5.32 Å². The second-order valence-corrected chi connectivity index (χ2v) is 12.9. The zero-order chi connectivity index (χ0) is 26.6. The number of aryl methyl sites for hydroxylation is 3. The lowest BCUT2D eigenvalue weighted by Gasteiger charge is -2.29. The number of benzene rings is 1. The molecule has 0 bridgehead atoms. The fraction of sp³-hybridized carbons (Fsp3) is 0.464. The Balaban J connectivity index is 1.39. The van der Waals surface area contributed by atoms with Crippen LogP contribution in [0.5, 0.6) is 0 Å². The molecule has 2 N–H and O–H groups in total. The second-order valence-electron chi connectivity index (χ2n) is 11.2. The van der Waals surface area contributed by atoms with Crippen LogP contribution in [0.1, 0.15) is 61.5 Å². The van der Waals surface area contributed by atoms with Gasteiger partial charge in [-0.15, -0.1) is 0 Å². The fourth-order valence-electron chi connectivity index (χ4n) is 5.48. The van der Waals surface area contributed by atoms with E-state index in [0.717, 1.165) is 70.7 Å². The van der Waals surface area contributed by atoms with E-state index in [1.54, 1.807) is 6.20 Å². The average molecular weight is 534 g/mol. The molecule has 1 saturated carbocycles. The van der Waals surface area contributed by atoms with Crippen LogP contribution in [-0.2, 0) is 29.9 Å². The molecule has 38 heavy (non-hydrogen) atoms. The molecule has 0 spiro atoms. The quantitative estimate of drug-likeness (QED) is 0.351. The highest BCUT2D eigenvalue weighted by Crippen LogP contribution is 2.42. The predicted octanol–water partition coefficient (Wildman–Crippen LogP) is 4.24. The number of sulfonamides is 1. The lowest BCUT2D eigenvalue weighted by Crippen LogP contribution is -2.33. The first-order valence-electron chi connectivity index (χ1n) is 13.4. The Labute approximate surface area is 223 Å². The Bertz CT molecular complexity index is 1620. The Morgan fingerprint density at radius 3 is 2.66 bits per heavy atom. The van der Waals surface area contributed by atoms with Crippen LogP contribution >= 0.6 is 0 Å². The molecule has 2 aliphatic carbocycles. The van der Waals surface area contributed by atoms with Gasteiger partial charge in [-0.1, -0.05) is 13.8 Å². The Morgan fingerprint density at radius 2 is 1.95 bits per heavy atom. The maximum absolute atomic E-state index is 13.8.